The molecule has 0 heterocycles. The van der Waals surface area contributed by atoms with Gasteiger partial charge in [-0.15, -0.1) is 0 Å². The summed E-state index contributed by atoms with van der Waals surface area (Å²) in [6.45, 7) is 4.61. The van der Waals surface area contributed by atoms with E-state index in [1.165, 1.54) is 17.6 Å². The highest BCUT2D eigenvalue weighted by Crippen LogP contribution is 2.49. The number of fused-ring (bicyclic) bond motifs is 1. The van der Waals surface area contributed by atoms with Gasteiger partial charge in [-0.1, -0.05) is 43.2 Å². The number of aliphatic hydroxyl groups is 1. The van der Waals surface area contributed by atoms with Crippen molar-refractivity contribution >= 4 is 5.78 Å². The van der Waals surface area contributed by atoms with Crippen molar-refractivity contribution < 1.29 is 12.8 Å². The van der Waals surface area contributed by atoms with Crippen LogP contribution in [0.1, 0.15) is 36.0 Å². The van der Waals surface area contributed by atoms with E-state index in [0.717, 1.165) is 18.4 Å². The lowest BCUT2D eigenvalue weighted by Crippen LogP contribution is -2.27. The van der Waals surface area contributed by atoms with Gasteiger partial charge in [0.05, 0.1) is 12.5 Å². The van der Waals surface area contributed by atoms with Crippen LogP contribution in [0.3, 0.4) is 0 Å². The lowest BCUT2D eigenvalue weighted by atomic mass is 9.82. The Morgan fingerprint density at radius 2 is 2.10 bits per heavy atom. The SMILES string of the molecule is CC.NCC1=CC(CCC2=CC(CO)C2=O)=CC2CC12.[HH].[HH]. The molecular weight excluding hydrogens is 250 g/mol. The van der Waals surface area contributed by atoms with Gasteiger partial charge in [0, 0.05) is 9.40 Å². The van der Waals surface area contributed by atoms with Gasteiger partial charge < -0.3 is 10.8 Å². The van der Waals surface area contributed by atoms with Gasteiger partial charge in [-0.25, -0.2) is 0 Å². The highest BCUT2D eigenvalue weighted by molar-refractivity contribution is 6.04. The topological polar surface area (TPSA) is 63.3 Å². The number of nitrogens with two attached hydrogens (primary N) is 1. The van der Waals surface area contributed by atoms with Crippen LogP contribution in [0.5, 0.6) is 0 Å². The molecule has 3 aliphatic rings. The van der Waals surface area contributed by atoms with E-state index in [4.69, 9.17) is 10.8 Å². The van der Waals surface area contributed by atoms with Crippen molar-refractivity contribution in [3.05, 3.63) is 34.9 Å². The maximum atomic E-state index is 11.6. The molecule has 0 amide bonds. The molecule has 3 atom stereocenters. The molecule has 0 bridgehead atoms. The van der Waals surface area contributed by atoms with Gasteiger partial charge in [-0.05, 0) is 36.7 Å². The second kappa shape index (κ2) is 6.51. The molecule has 3 unspecified atom stereocenters. The third kappa shape index (κ3) is 2.94. The van der Waals surface area contributed by atoms with Crippen molar-refractivity contribution in [2.75, 3.05) is 13.2 Å². The summed E-state index contributed by atoms with van der Waals surface area (Å²) in [5.74, 6) is 1.31. The van der Waals surface area contributed by atoms with Crippen LogP contribution in [0.4, 0.5) is 0 Å². The van der Waals surface area contributed by atoms with E-state index >= 15 is 0 Å². The molecule has 3 heteroatoms. The molecule has 0 saturated heterocycles. The molecule has 0 aromatic carbocycles. The van der Waals surface area contributed by atoms with Crippen molar-refractivity contribution in [1.29, 1.82) is 0 Å². The molecule has 3 rings (SSSR count). The number of aliphatic hydroxyl groups excluding tert-OH is 1. The first-order chi connectivity index (χ1) is 9.72. The van der Waals surface area contributed by atoms with Crippen LogP contribution < -0.4 is 5.73 Å². The summed E-state index contributed by atoms with van der Waals surface area (Å²) in [6.07, 6.45) is 9.44. The number of Topliss-reactive ketones (excluding diaryl/α,β-unsaturated/α-hetero) is 1. The van der Waals surface area contributed by atoms with Crippen molar-refractivity contribution in [1.82, 2.24) is 0 Å². The van der Waals surface area contributed by atoms with E-state index in [9.17, 15) is 4.79 Å². The molecule has 3 N–H and O–H groups in total. The summed E-state index contributed by atoms with van der Waals surface area (Å²) in [6, 6.07) is 0. The van der Waals surface area contributed by atoms with Crippen LogP contribution in [0.15, 0.2) is 34.9 Å². The lowest BCUT2D eigenvalue weighted by Gasteiger charge is -2.22. The molecule has 3 aliphatic carbocycles. The number of carbonyl (C=O) groups is 1. The maximum absolute atomic E-state index is 11.6. The van der Waals surface area contributed by atoms with Crippen LogP contribution in [-0.2, 0) is 4.79 Å². The quantitative estimate of drug-likeness (QED) is 0.813. The van der Waals surface area contributed by atoms with Gasteiger partial charge in [-0.3, -0.25) is 4.79 Å². The zero-order valence-electron chi connectivity index (χ0n) is 12.4. The molecular formula is C17H29NO2. The Morgan fingerprint density at radius 1 is 1.35 bits per heavy atom. The van der Waals surface area contributed by atoms with Crippen LogP contribution in [-0.4, -0.2) is 24.0 Å². The number of ketones is 1. The van der Waals surface area contributed by atoms with Crippen LogP contribution in [0, 0.1) is 17.8 Å². The fraction of sp³-hybridized carbons (Fsp3) is 0.588. The van der Waals surface area contributed by atoms with Gasteiger partial charge in [0.2, 0.25) is 0 Å². The van der Waals surface area contributed by atoms with Crippen molar-refractivity contribution in [2.45, 2.75) is 33.1 Å². The van der Waals surface area contributed by atoms with Gasteiger partial charge in [-0.2, -0.15) is 0 Å². The Bertz CT molecular complexity index is 483. The smallest absolute Gasteiger partial charge is 0.167 e. The largest absolute Gasteiger partial charge is 0.395 e. The number of hydrogen-bond donors (Lipinski definition) is 2. The van der Waals surface area contributed by atoms with Gasteiger partial charge in [0.15, 0.2) is 5.78 Å². The second-order valence-corrected chi connectivity index (χ2v) is 5.52. The highest BCUT2D eigenvalue weighted by atomic mass is 16.3. The molecule has 1 saturated carbocycles. The summed E-state index contributed by atoms with van der Waals surface area (Å²) < 4.78 is 0. The van der Waals surface area contributed by atoms with Crippen molar-refractivity contribution in [3.8, 4) is 0 Å². The zero-order valence-corrected chi connectivity index (χ0v) is 12.4. The highest BCUT2D eigenvalue weighted by Gasteiger charge is 2.39. The Balaban J connectivity index is 0.00000106. The Kier molecular flexibility index (Phi) is 4.95. The third-order valence-corrected chi connectivity index (χ3v) is 4.29. The summed E-state index contributed by atoms with van der Waals surface area (Å²) in [5, 5.41) is 8.90. The first-order valence-electron chi connectivity index (χ1n) is 7.70. The van der Waals surface area contributed by atoms with Crippen LogP contribution in [0.2, 0.25) is 0 Å². The van der Waals surface area contributed by atoms with Crippen LogP contribution in [0.25, 0.3) is 0 Å². The van der Waals surface area contributed by atoms with Gasteiger partial charge >= 0.3 is 0 Å². The molecule has 114 valence electrons. The minimum absolute atomic E-state index is 0. The Labute approximate surface area is 124 Å². The molecule has 0 radical (unpaired) electrons. The minimum atomic E-state index is -0.233. The normalized spacial score (nSPS) is 30.1. The standard InChI is InChI=1S/C15H19NO2.C2H6.2H2/c16-7-12-4-9(3-11-6-14(11)12)1-2-10-5-13(8-17)15(10)18;1-2;;/h3-5,11,13-14,17H,1-2,6-8,16H2;1-2H3;2*1H. The minimum Gasteiger partial charge on any atom is -0.395 e. The molecule has 0 spiro atoms. The van der Waals surface area contributed by atoms with E-state index in [-0.39, 0.29) is 21.2 Å². The number of allylic oxidation sites excluding steroid dienone is 4. The predicted octanol–water partition coefficient (Wildman–Crippen LogP) is 2.86. The van der Waals surface area contributed by atoms with E-state index < -0.39 is 0 Å². The summed E-state index contributed by atoms with van der Waals surface area (Å²) >= 11 is 0. The lowest BCUT2D eigenvalue weighted by molar-refractivity contribution is -0.121. The average Bonchev–Trinajstić information content (AvgIpc) is 3.26. The number of hydrogen-bond acceptors (Lipinski definition) is 3. The fourth-order valence-corrected chi connectivity index (χ4v) is 3.02. The molecule has 0 aromatic rings. The van der Waals surface area contributed by atoms with Crippen LogP contribution >= 0.6 is 0 Å². The Hall–Kier alpha value is -1.19. The second-order valence-electron chi connectivity index (χ2n) is 5.52. The number of rotatable bonds is 5. The zero-order chi connectivity index (χ0) is 14.7. The molecule has 1 fully saturated rings. The predicted molar refractivity (Wildman–Crippen MR) is 85.3 cm³/mol. The molecule has 0 aliphatic heterocycles. The molecule has 20 heavy (non-hydrogen) atoms. The summed E-state index contributed by atoms with van der Waals surface area (Å²) in [7, 11) is 0. The first-order valence-corrected chi connectivity index (χ1v) is 7.70. The van der Waals surface area contributed by atoms with Crippen molar-refractivity contribution in [2.24, 2.45) is 23.5 Å². The summed E-state index contributed by atoms with van der Waals surface area (Å²) in [5.41, 5.74) is 9.33. The number of carbonyl (C=O) groups excluding carboxylic acids is 1. The van der Waals surface area contributed by atoms with E-state index in [1.54, 1.807) is 0 Å². The average molecular weight is 279 g/mol. The van der Waals surface area contributed by atoms with E-state index in [2.05, 4.69) is 12.2 Å². The first kappa shape index (κ1) is 15.2. The van der Waals surface area contributed by atoms with Gasteiger partial charge in [0.1, 0.15) is 0 Å². The monoisotopic (exact) mass is 279 g/mol. The van der Waals surface area contributed by atoms with Crippen molar-refractivity contribution in [3.63, 3.8) is 0 Å². The summed E-state index contributed by atoms with van der Waals surface area (Å²) in [4.78, 5) is 11.6. The van der Waals surface area contributed by atoms with E-state index in [1.807, 2.05) is 19.9 Å². The maximum Gasteiger partial charge on any atom is 0.167 e. The Morgan fingerprint density at radius 3 is 2.70 bits per heavy atom. The third-order valence-electron chi connectivity index (χ3n) is 4.29. The fourth-order valence-electron chi connectivity index (χ4n) is 3.02. The van der Waals surface area contributed by atoms with Gasteiger partial charge in [0.25, 0.3) is 0 Å². The molecule has 0 aromatic heterocycles. The molecule has 3 nitrogen and oxygen atoms in total. The van der Waals surface area contributed by atoms with E-state index in [0.29, 0.717) is 18.4 Å².